The maximum Gasteiger partial charge on any atom is 0.122 e. The van der Waals surface area contributed by atoms with Crippen LogP contribution in [0.25, 0.3) is 72.4 Å². The van der Waals surface area contributed by atoms with E-state index in [-0.39, 0.29) is 37.9 Å². The molecule has 0 saturated heterocycles. The summed E-state index contributed by atoms with van der Waals surface area (Å²) in [5.41, 5.74) is 14.0. The number of rotatable bonds is 7. The van der Waals surface area contributed by atoms with E-state index in [2.05, 4.69) is 136 Å². The fourth-order valence-corrected chi connectivity index (χ4v) is 7.59. The van der Waals surface area contributed by atoms with Gasteiger partial charge in [-0.05, 0) is 93.7 Å². The summed E-state index contributed by atoms with van der Waals surface area (Å²) in [6.07, 6.45) is 1.79. The summed E-state index contributed by atoms with van der Waals surface area (Å²) in [6, 6.07) is 54.4. The van der Waals surface area contributed by atoms with E-state index in [1.54, 1.807) is 6.20 Å². The average molecular weight is 933 g/mol. The zero-order valence-corrected chi connectivity index (χ0v) is 35.9. The van der Waals surface area contributed by atoms with Crippen LogP contribution in [0.3, 0.4) is 0 Å². The van der Waals surface area contributed by atoms with Crippen LogP contribution < -0.4 is 0 Å². The van der Waals surface area contributed by atoms with Crippen LogP contribution >= 0.6 is 0 Å². The average Bonchev–Trinajstić information content (AvgIpc) is 3.83. The van der Waals surface area contributed by atoms with Gasteiger partial charge in [-0.1, -0.05) is 107 Å². The minimum absolute atomic E-state index is 0. The van der Waals surface area contributed by atoms with E-state index < -0.39 is 0 Å². The van der Waals surface area contributed by atoms with Crippen LogP contribution in [0.2, 0.25) is 0 Å². The third-order valence-electron chi connectivity index (χ3n) is 10.5. The minimum Gasteiger partial charge on any atom is -0.500 e. The Morgan fingerprint density at radius 3 is 2.05 bits per heavy atom. The molecule has 0 aliphatic carbocycles. The van der Waals surface area contributed by atoms with Crippen molar-refractivity contribution in [3.8, 4) is 45.5 Å². The Balaban J connectivity index is 0.000000336. The predicted molar refractivity (Wildman–Crippen MR) is 234 cm³/mol. The number of fused-ring (bicyclic) bond motifs is 4. The molecule has 0 unspecified atom stereocenters. The second-order valence-corrected chi connectivity index (χ2v) is 15.3. The summed E-state index contributed by atoms with van der Waals surface area (Å²) in [5, 5.41) is 11.9. The number of benzene rings is 6. The number of imidazole rings is 1. The third kappa shape index (κ3) is 7.64. The molecule has 0 bridgehead atoms. The summed E-state index contributed by atoms with van der Waals surface area (Å²) in [7, 11) is 0. The van der Waals surface area contributed by atoms with Gasteiger partial charge >= 0.3 is 0 Å². The van der Waals surface area contributed by atoms with Crippen LogP contribution in [0, 0.1) is 23.5 Å². The fraction of sp³-hybridized carbons (Fsp3) is 0.173. The Labute approximate surface area is 354 Å². The van der Waals surface area contributed by atoms with Gasteiger partial charge in [-0.25, -0.2) is 0 Å². The summed E-state index contributed by atoms with van der Waals surface area (Å²) in [5.74, 6) is 1.56. The van der Waals surface area contributed by atoms with Crippen molar-refractivity contribution in [3.05, 3.63) is 174 Å². The molecule has 289 valence electrons. The number of hydrogen-bond donors (Lipinski definition) is 0. The van der Waals surface area contributed by atoms with Crippen molar-refractivity contribution in [2.45, 2.75) is 59.3 Å². The van der Waals surface area contributed by atoms with Gasteiger partial charge in [-0.3, -0.25) is 4.98 Å². The predicted octanol–water partition coefficient (Wildman–Crippen LogP) is 13.8. The Hall–Kier alpha value is -6.12. The first-order chi connectivity index (χ1) is 27.7. The number of furan rings is 1. The van der Waals surface area contributed by atoms with E-state index in [0.717, 1.165) is 55.7 Å². The summed E-state index contributed by atoms with van der Waals surface area (Å²) in [6.45, 7) is 13.3. The number of nitrogens with zero attached hydrogens (tertiary/aromatic N) is 4. The second kappa shape index (κ2) is 17.2. The van der Waals surface area contributed by atoms with Gasteiger partial charge in [-0.2, -0.15) is 5.26 Å². The van der Waals surface area contributed by atoms with Gasteiger partial charge in [0, 0.05) is 37.4 Å². The maximum absolute atomic E-state index is 10.1. The second-order valence-electron chi connectivity index (χ2n) is 15.3. The Kier molecular flexibility index (Phi) is 11.9. The Bertz CT molecular complexity index is 2820. The molecule has 3 aromatic heterocycles. The standard InChI is InChI=1S/C41H36N3O.C11H8N.Ir/c1-24(2)28-19-30(23-42)38-31-15-12-16-32(40(31)45-37(38)22-28)41-43-35-17-10-11-18-36(35)44(41)39-33(25(3)4)20-29(21-34(39)26(5)6)27-13-8-7-9-14-27;1-2-6-10(7-3-1)11-8-4-5-9-12-11;/h7-15,17-22,24-26H,1-6H3;1-6,8-9H;/q2*-1;. The molecule has 0 aliphatic rings. The molecule has 0 aliphatic heterocycles. The monoisotopic (exact) mass is 933 g/mol. The zero-order chi connectivity index (χ0) is 39.6. The summed E-state index contributed by atoms with van der Waals surface area (Å²) >= 11 is 0. The quantitative estimate of drug-likeness (QED) is 0.149. The van der Waals surface area contributed by atoms with E-state index in [0.29, 0.717) is 16.7 Å². The van der Waals surface area contributed by atoms with Crippen LogP contribution in [-0.2, 0) is 20.1 Å². The molecule has 6 aromatic carbocycles. The van der Waals surface area contributed by atoms with Gasteiger partial charge in [0.15, 0.2) is 0 Å². The molecule has 0 amide bonds. The van der Waals surface area contributed by atoms with Crippen molar-refractivity contribution >= 4 is 33.0 Å². The first-order valence-electron chi connectivity index (χ1n) is 19.6. The maximum atomic E-state index is 10.1. The molecular formula is C52H44IrN4O-2. The smallest absolute Gasteiger partial charge is 0.122 e. The first-order valence-corrected chi connectivity index (χ1v) is 19.6. The van der Waals surface area contributed by atoms with Crippen molar-refractivity contribution < 1.29 is 24.5 Å². The van der Waals surface area contributed by atoms with E-state index in [1.807, 2.05) is 66.7 Å². The van der Waals surface area contributed by atoms with Crippen molar-refractivity contribution in [1.82, 2.24) is 14.5 Å². The molecule has 5 nitrogen and oxygen atoms in total. The molecular weight excluding hydrogens is 889 g/mol. The topological polar surface area (TPSA) is 67.6 Å². The van der Waals surface area contributed by atoms with Gasteiger partial charge < -0.3 is 14.0 Å². The van der Waals surface area contributed by atoms with Crippen molar-refractivity contribution in [3.63, 3.8) is 0 Å². The number of hydrogen-bond acceptors (Lipinski definition) is 4. The van der Waals surface area contributed by atoms with Crippen LogP contribution in [0.1, 0.15) is 81.5 Å². The van der Waals surface area contributed by atoms with Crippen LogP contribution in [-0.4, -0.2) is 14.5 Å². The fourth-order valence-electron chi connectivity index (χ4n) is 7.59. The van der Waals surface area contributed by atoms with Gasteiger partial charge in [-0.15, -0.1) is 54.1 Å². The minimum atomic E-state index is 0. The molecule has 1 radical (unpaired) electrons. The van der Waals surface area contributed by atoms with Gasteiger partial charge in [0.05, 0.1) is 34.1 Å². The summed E-state index contributed by atoms with van der Waals surface area (Å²) < 4.78 is 8.97. The van der Waals surface area contributed by atoms with E-state index in [9.17, 15) is 5.26 Å². The molecule has 0 spiro atoms. The zero-order valence-electron chi connectivity index (χ0n) is 33.5. The Morgan fingerprint density at radius 1 is 0.690 bits per heavy atom. The molecule has 3 heterocycles. The first kappa shape index (κ1) is 40.1. The van der Waals surface area contributed by atoms with E-state index in [4.69, 9.17) is 9.40 Å². The Morgan fingerprint density at radius 2 is 1.40 bits per heavy atom. The molecule has 6 heteroatoms. The van der Waals surface area contributed by atoms with Crippen molar-refractivity contribution in [2.75, 3.05) is 0 Å². The molecule has 0 fully saturated rings. The third-order valence-corrected chi connectivity index (χ3v) is 10.5. The normalized spacial score (nSPS) is 11.2. The van der Waals surface area contributed by atoms with Gasteiger partial charge in [0.25, 0.3) is 0 Å². The number of nitriles is 1. The number of para-hydroxylation sites is 2. The van der Waals surface area contributed by atoms with Crippen molar-refractivity contribution in [1.29, 1.82) is 5.26 Å². The van der Waals surface area contributed by atoms with E-state index >= 15 is 0 Å². The van der Waals surface area contributed by atoms with Crippen LogP contribution in [0.4, 0.5) is 0 Å². The van der Waals surface area contributed by atoms with Gasteiger partial charge in [0.2, 0.25) is 0 Å². The van der Waals surface area contributed by atoms with Crippen LogP contribution in [0.15, 0.2) is 144 Å². The largest absolute Gasteiger partial charge is 0.500 e. The molecule has 0 N–H and O–H groups in total. The van der Waals surface area contributed by atoms with Gasteiger partial charge in [0.1, 0.15) is 5.58 Å². The molecule has 0 atom stereocenters. The van der Waals surface area contributed by atoms with Crippen molar-refractivity contribution in [2.24, 2.45) is 0 Å². The van der Waals surface area contributed by atoms with E-state index in [1.165, 1.54) is 22.3 Å². The number of pyridine rings is 1. The molecule has 0 saturated carbocycles. The molecule has 58 heavy (non-hydrogen) atoms. The molecule has 9 rings (SSSR count). The number of aromatic nitrogens is 3. The molecule has 9 aromatic rings. The summed E-state index contributed by atoms with van der Waals surface area (Å²) in [4.78, 5) is 9.47. The SMILES string of the molecule is CC(C)c1cc(C#N)c2c(c1)oc1c(-c3nc4ccccc4n3-c3c(C(C)C)cc(-c4ccccc4)cc3C(C)C)[c-]ccc12.[Ir].[c-]1ccccc1-c1ccccn1. The van der Waals surface area contributed by atoms with Crippen LogP contribution in [0.5, 0.6) is 0 Å².